The van der Waals surface area contributed by atoms with E-state index in [0.29, 0.717) is 35.1 Å². The van der Waals surface area contributed by atoms with Crippen LogP contribution in [0, 0.1) is 5.82 Å². The second-order valence-corrected chi connectivity index (χ2v) is 5.35. The van der Waals surface area contributed by atoms with Gasteiger partial charge in [0, 0.05) is 22.6 Å². The zero-order chi connectivity index (χ0) is 16.1. The van der Waals surface area contributed by atoms with Gasteiger partial charge in [0.25, 0.3) is 0 Å². The summed E-state index contributed by atoms with van der Waals surface area (Å²) in [5, 5.41) is 0.408. The molecule has 2 aromatic carbocycles. The molecule has 0 fully saturated rings. The standard InChI is InChI=1S/C17H19ClFNO2/c1-21-12-6-7-13(17(9-12)22-2)11(10-20)8-14-15(18)4-3-5-16(14)19/h3-7,9,11H,8,10,20H2,1-2H3. The molecule has 1 unspecified atom stereocenters. The van der Waals surface area contributed by atoms with Crippen LogP contribution in [-0.4, -0.2) is 20.8 Å². The summed E-state index contributed by atoms with van der Waals surface area (Å²) in [6.45, 7) is 0.355. The number of benzene rings is 2. The van der Waals surface area contributed by atoms with Gasteiger partial charge in [0.15, 0.2) is 0 Å². The maximum atomic E-state index is 14.0. The van der Waals surface area contributed by atoms with Gasteiger partial charge in [-0.1, -0.05) is 23.7 Å². The van der Waals surface area contributed by atoms with E-state index in [0.717, 1.165) is 5.56 Å². The van der Waals surface area contributed by atoms with Gasteiger partial charge in [-0.3, -0.25) is 0 Å². The predicted octanol–water partition coefficient (Wildman–Crippen LogP) is 3.78. The molecule has 3 nitrogen and oxygen atoms in total. The number of hydrogen-bond acceptors (Lipinski definition) is 3. The van der Waals surface area contributed by atoms with Gasteiger partial charge in [-0.25, -0.2) is 4.39 Å². The van der Waals surface area contributed by atoms with E-state index in [2.05, 4.69) is 0 Å². The van der Waals surface area contributed by atoms with Gasteiger partial charge in [0.05, 0.1) is 14.2 Å². The number of nitrogens with two attached hydrogens (primary N) is 1. The van der Waals surface area contributed by atoms with E-state index in [-0.39, 0.29) is 11.7 Å². The molecule has 0 aliphatic heterocycles. The maximum absolute atomic E-state index is 14.0. The zero-order valence-corrected chi connectivity index (χ0v) is 13.4. The molecule has 0 saturated heterocycles. The highest BCUT2D eigenvalue weighted by atomic mass is 35.5. The number of halogens is 2. The Bertz CT molecular complexity index is 628. The molecule has 2 rings (SSSR count). The van der Waals surface area contributed by atoms with Crippen LogP contribution in [0.25, 0.3) is 0 Å². The van der Waals surface area contributed by atoms with Crippen LogP contribution >= 0.6 is 11.6 Å². The van der Waals surface area contributed by atoms with Gasteiger partial charge in [0.2, 0.25) is 0 Å². The summed E-state index contributed by atoms with van der Waals surface area (Å²) in [5.41, 5.74) is 7.27. The third kappa shape index (κ3) is 3.51. The first-order valence-electron chi connectivity index (χ1n) is 6.95. The minimum Gasteiger partial charge on any atom is -0.497 e. The molecule has 0 amide bonds. The number of methoxy groups -OCH3 is 2. The Labute approximate surface area is 134 Å². The summed E-state index contributed by atoms with van der Waals surface area (Å²) in [6, 6.07) is 10.2. The van der Waals surface area contributed by atoms with E-state index >= 15 is 0 Å². The van der Waals surface area contributed by atoms with Crippen LogP contribution in [0.4, 0.5) is 4.39 Å². The van der Waals surface area contributed by atoms with Crippen molar-refractivity contribution in [3.8, 4) is 11.5 Å². The molecule has 22 heavy (non-hydrogen) atoms. The Balaban J connectivity index is 2.36. The van der Waals surface area contributed by atoms with Crippen molar-refractivity contribution in [2.75, 3.05) is 20.8 Å². The summed E-state index contributed by atoms with van der Waals surface area (Å²) in [4.78, 5) is 0. The molecular weight excluding hydrogens is 305 g/mol. The van der Waals surface area contributed by atoms with Crippen molar-refractivity contribution in [1.82, 2.24) is 0 Å². The first-order valence-corrected chi connectivity index (χ1v) is 7.33. The van der Waals surface area contributed by atoms with Crippen molar-refractivity contribution in [1.29, 1.82) is 0 Å². The average molecular weight is 324 g/mol. The molecule has 2 N–H and O–H groups in total. The van der Waals surface area contributed by atoms with E-state index in [9.17, 15) is 4.39 Å². The van der Waals surface area contributed by atoms with Crippen molar-refractivity contribution in [3.05, 3.63) is 58.4 Å². The Kier molecular flexibility index (Phi) is 5.63. The minimum absolute atomic E-state index is 0.102. The monoisotopic (exact) mass is 323 g/mol. The smallest absolute Gasteiger partial charge is 0.127 e. The van der Waals surface area contributed by atoms with Gasteiger partial charge in [-0.2, -0.15) is 0 Å². The Morgan fingerprint density at radius 2 is 1.95 bits per heavy atom. The lowest BCUT2D eigenvalue weighted by atomic mass is 9.91. The third-order valence-corrected chi connectivity index (χ3v) is 4.03. The van der Waals surface area contributed by atoms with Crippen LogP contribution in [0.1, 0.15) is 17.0 Å². The average Bonchev–Trinajstić information content (AvgIpc) is 2.54. The lowest BCUT2D eigenvalue weighted by Gasteiger charge is -2.20. The second kappa shape index (κ2) is 7.47. The predicted molar refractivity (Wildman–Crippen MR) is 86.5 cm³/mol. The molecular formula is C17H19ClFNO2. The first-order chi connectivity index (χ1) is 10.6. The fraction of sp³-hybridized carbons (Fsp3) is 0.294. The molecule has 5 heteroatoms. The van der Waals surface area contributed by atoms with Crippen molar-refractivity contribution in [3.63, 3.8) is 0 Å². The van der Waals surface area contributed by atoms with Crippen LogP contribution in [-0.2, 0) is 6.42 Å². The number of rotatable bonds is 6. The molecule has 0 heterocycles. The Morgan fingerprint density at radius 3 is 2.55 bits per heavy atom. The fourth-order valence-corrected chi connectivity index (χ4v) is 2.69. The quantitative estimate of drug-likeness (QED) is 0.880. The largest absolute Gasteiger partial charge is 0.497 e. The van der Waals surface area contributed by atoms with E-state index in [1.807, 2.05) is 12.1 Å². The van der Waals surface area contributed by atoms with Crippen LogP contribution in [0.5, 0.6) is 11.5 Å². The van der Waals surface area contributed by atoms with E-state index in [1.165, 1.54) is 6.07 Å². The lowest BCUT2D eigenvalue weighted by molar-refractivity contribution is 0.388. The van der Waals surface area contributed by atoms with Crippen molar-refractivity contribution < 1.29 is 13.9 Å². The summed E-state index contributed by atoms with van der Waals surface area (Å²) < 4.78 is 24.6. The van der Waals surface area contributed by atoms with Crippen molar-refractivity contribution in [2.45, 2.75) is 12.3 Å². The summed E-state index contributed by atoms with van der Waals surface area (Å²) in [5.74, 6) is 0.941. The first kappa shape index (κ1) is 16.6. The van der Waals surface area contributed by atoms with Gasteiger partial charge in [-0.15, -0.1) is 0 Å². The van der Waals surface area contributed by atoms with Crippen molar-refractivity contribution in [2.24, 2.45) is 5.73 Å². The molecule has 0 saturated carbocycles. The minimum atomic E-state index is -0.321. The van der Waals surface area contributed by atoms with Crippen LogP contribution < -0.4 is 15.2 Å². The highest BCUT2D eigenvalue weighted by Crippen LogP contribution is 2.34. The maximum Gasteiger partial charge on any atom is 0.127 e. The Hall–Kier alpha value is -1.78. The van der Waals surface area contributed by atoms with Gasteiger partial charge in [0.1, 0.15) is 17.3 Å². The summed E-state index contributed by atoms with van der Waals surface area (Å²) in [6.07, 6.45) is 0.407. The van der Waals surface area contributed by atoms with Crippen LogP contribution in [0.3, 0.4) is 0 Å². The Morgan fingerprint density at radius 1 is 1.18 bits per heavy atom. The molecule has 0 radical (unpaired) electrons. The topological polar surface area (TPSA) is 44.5 Å². The fourth-order valence-electron chi connectivity index (χ4n) is 2.45. The molecule has 0 aromatic heterocycles. The molecule has 0 bridgehead atoms. The SMILES string of the molecule is COc1ccc(C(CN)Cc2c(F)cccc2Cl)c(OC)c1. The number of ether oxygens (including phenoxy) is 2. The third-order valence-electron chi connectivity index (χ3n) is 3.68. The summed E-state index contributed by atoms with van der Waals surface area (Å²) in [7, 11) is 3.18. The second-order valence-electron chi connectivity index (χ2n) is 4.94. The molecule has 1 atom stereocenters. The highest BCUT2D eigenvalue weighted by molar-refractivity contribution is 6.31. The van der Waals surface area contributed by atoms with E-state index < -0.39 is 0 Å². The van der Waals surface area contributed by atoms with E-state index in [1.54, 1.807) is 32.4 Å². The normalized spacial score (nSPS) is 12.0. The molecule has 118 valence electrons. The van der Waals surface area contributed by atoms with E-state index in [4.69, 9.17) is 26.8 Å². The van der Waals surface area contributed by atoms with Gasteiger partial charge < -0.3 is 15.2 Å². The molecule has 2 aromatic rings. The van der Waals surface area contributed by atoms with Gasteiger partial charge >= 0.3 is 0 Å². The molecule has 0 aliphatic rings. The molecule has 0 spiro atoms. The van der Waals surface area contributed by atoms with Crippen LogP contribution in [0.15, 0.2) is 36.4 Å². The lowest BCUT2D eigenvalue weighted by Crippen LogP contribution is -2.17. The number of hydrogen-bond donors (Lipinski definition) is 1. The van der Waals surface area contributed by atoms with Crippen LogP contribution in [0.2, 0.25) is 5.02 Å². The highest BCUT2D eigenvalue weighted by Gasteiger charge is 2.19. The van der Waals surface area contributed by atoms with Gasteiger partial charge in [-0.05, 0) is 36.7 Å². The molecule has 0 aliphatic carbocycles. The summed E-state index contributed by atoms with van der Waals surface area (Å²) >= 11 is 6.11. The zero-order valence-electron chi connectivity index (χ0n) is 12.6. The van der Waals surface area contributed by atoms with Crippen molar-refractivity contribution >= 4 is 11.6 Å².